The van der Waals surface area contributed by atoms with Gasteiger partial charge < -0.3 is 0 Å². The van der Waals surface area contributed by atoms with Crippen LogP contribution in [0.2, 0.25) is 0 Å². The van der Waals surface area contributed by atoms with Gasteiger partial charge in [0, 0.05) is 47.5 Å². The van der Waals surface area contributed by atoms with Crippen molar-refractivity contribution in [2.24, 2.45) is 0 Å². The van der Waals surface area contributed by atoms with Crippen molar-refractivity contribution in [2.45, 2.75) is 0 Å². The van der Waals surface area contributed by atoms with Crippen LogP contribution in [0.1, 0.15) is 0 Å². The summed E-state index contributed by atoms with van der Waals surface area (Å²) in [7, 11) is 0. The first kappa shape index (κ1) is 25.5. The first-order valence-corrected chi connectivity index (χ1v) is 16.3. The van der Waals surface area contributed by atoms with Gasteiger partial charge in [-0.1, -0.05) is 127 Å². The third kappa shape index (κ3) is 3.71. The minimum Gasteiger partial charge on any atom is -0.277 e. The number of nitrogens with zero attached hydrogens (tertiary/aromatic N) is 3. The van der Waals surface area contributed by atoms with Crippen LogP contribution in [-0.4, -0.2) is 14.5 Å². The standard InChI is InChI=1S/C42H25N3S/c1-2-12-27(13-3-1)40-33-16-6-8-19-35(33)43-42(44-40)45-36-20-9-7-15-31(36)32-18-10-17-30(41(32)45)28-21-23-34-38(25-28)46-37-24-22-26-11-4-5-14-29(26)39(34)37/h1-25H. The molecule has 3 heterocycles. The lowest BCUT2D eigenvalue weighted by molar-refractivity contribution is 1.01. The fraction of sp³-hybridized carbons (Fsp3) is 0. The van der Waals surface area contributed by atoms with Crippen molar-refractivity contribution < 1.29 is 0 Å². The molecule has 0 saturated carbocycles. The summed E-state index contributed by atoms with van der Waals surface area (Å²) in [6.45, 7) is 0. The number of aromatic nitrogens is 3. The molecule has 0 unspecified atom stereocenters. The van der Waals surface area contributed by atoms with Gasteiger partial charge in [-0.15, -0.1) is 11.3 Å². The molecule has 0 aliphatic rings. The van der Waals surface area contributed by atoms with E-state index >= 15 is 0 Å². The van der Waals surface area contributed by atoms with Gasteiger partial charge in [0.05, 0.1) is 22.2 Å². The minimum absolute atomic E-state index is 0.672. The van der Waals surface area contributed by atoms with E-state index in [-0.39, 0.29) is 0 Å². The van der Waals surface area contributed by atoms with Gasteiger partial charge in [0.2, 0.25) is 5.95 Å². The summed E-state index contributed by atoms with van der Waals surface area (Å²) < 4.78 is 4.87. The van der Waals surface area contributed by atoms with Crippen molar-refractivity contribution in [3.63, 3.8) is 0 Å². The zero-order valence-corrected chi connectivity index (χ0v) is 25.5. The van der Waals surface area contributed by atoms with Crippen LogP contribution in [0.4, 0.5) is 0 Å². The molecule has 4 heteroatoms. The van der Waals surface area contributed by atoms with Gasteiger partial charge in [-0.05, 0) is 40.6 Å². The zero-order valence-electron chi connectivity index (χ0n) is 24.7. The average Bonchev–Trinajstić information content (AvgIpc) is 3.67. The maximum atomic E-state index is 5.31. The van der Waals surface area contributed by atoms with E-state index in [0.29, 0.717) is 5.95 Å². The second kappa shape index (κ2) is 9.83. The number of fused-ring (bicyclic) bond motifs is 9. The summed E-state index contributed by atoms with van der Waals surface area (Å²) in [6.07, 6.45) is 0. The van der Waals surface area contributed by atoms with Crippen LogP contribution in [0.15, 0.2) is 152 Å². The Bertz CT molecular complexity index is 2810. The number of para-hydroxylation sites is 3. The average molecular weight is 604 g/mol. The van der Waals surface area contributed by atoms with Gasteiger partial charge in [-0.2, -0.15) is 0 Å². The number of hydrogen-bond donors (Lipinski definition) is 0. The smallest absolute Gasteiger partial charge is 0.235 e. The van der Waals surface area contributed by atoms with E-state index in [2.05, 4.69) is 150 Å². The Morgan fingerprint density at radius 1 is 0.478 bits per heavy atom. The molecular formula is C42H25N3S. The highest BCUT2D eigenvalue weighted by molar-refractivity contribution is 7.26. The third-order valence-corrected chi connectivity index (χ3v) is 10.3. The molecule has 0 aliphatic carbocycles. The largest absolute Gasteiger partial charge is 0.277 e. The fourth-order valence-electron chi connectivity index (χ4n) is 7.15. The highest BCUT2D eigenvalue weighted by Gasteiger charge is 2.20. The lowest BCUT2D eigenvalue weighted by Gasteiger charge is -2.13. The Morgan fingerprint density at radius 2 is 1.24 bits per heavy atom. The SMILES string of the molecule is c1ccc(-c2nc(-n3c4ccccc4c4cccc(-c5ccc6c(c5)sc5ccc7ccccc7c56)c43)nc3ccccc23)cc1. The van der Waals surface area contributed by atoms with Crippen LogP contribution < -0.4 is 0 Å². The van der Waals surface area contributed by atoms with E-state index < -0.39 is 0 Å². The molecule has 0 amide bonds. The number of rotatable bonds is 3. The van der Waals surface area contributed by atoms with Crippen molar-refractivity contribution in [3.8, 4) is 28.3 Å². The summed E-state index contributed by atoms with van der Waals surface area (Å²) >= 11 is 1.87. The number of benzene rings is 7. The van der Waals surface area contributed by atoms with Crippen LogP contribution in [0.5, 0.6) is 0 Å². The second-order valence-corrected chi connectivity index (χ2v) is 12.9. The van der Waals surface area contributed by atoms with Crippen molar-refractivity contribution in [1.29, 1.82) is 0 Å². The van der Waals surface area contributed by atoms with E-state index in [1.165, 1.54) is 47.3 Å². The van der Waals surface area contributed by atoms with Gasteiger partial charge in [-0.3, -0.25) is 4.57 Å². The van der Waals surface area contributed by atoms with Gasteiger partial charge in [0.15, 0.2) is 0 Å². The van der Waals surface area contributed by atoms with Gasteiger partial charge in [-0.25, -0.2) is 9.97 Å². The van der Waals surface area contributed by atoms with Crippen molar-refractivity contribution in [3.05, 3.63) is 152 Å². The molecule has 7 aromatic carbocycles. The van der Waals surface area contributed by atoms with E-state index in [1.54, 1.807) is 0 Å². The molecule has 0 atom stereocenters. The highest BCUT2D eigenvalue weighted by atomic mass is 32.1. The molecule has 0 aliphatic heterocycles. The molecule has 0 bridgehead atoms. The molecule has 0 saturated heterocycles. The summed E-state index contributed by atoms with van der Waals surface area (Å²) in [5, 5.41) is 8.65. The monoisotopic (exact) mass is 603 g/mol. The van der Waals surface area contributed by atoms with E-state index in [0.717, 1.165) is 38.8 Å². The molecule has 0 N–H and O–H groups in total. The first-order valence-electron chi connectivity index (χ1n) is 15.5. The molecule has 214 valence electrons. The Morgan fingerprint density at radius 3 is 2.15 bits per heavy atom. The molecule has 0 spiro atoms. The number of thiophene rings is 1. The minimum atomic E-state index is 0.672. The van der Waals surface area contributed by atoms with E-state index in [1.807, 2.05) is 17.4 Å². The second-order valence-electron chi connectivity index (χ2n) is 11.8. The molecule has 10 aromatic rings. The maximum absolute atomic E-state index is 5.31. The van der Waals surface area contributed by atoms with Crippen LogP contribution in [-0.2, 0) is 0 Å². The molecule has 0 fully saturated rings. The number of hydrogen-bond acceptors (Lipinski definition) is 3. The summed E-state index contributed by atoms with van der Waals surface area (Å²) in [5.41, 5.74) is 7.49. The normalized spacial score (nSPS) is 11.9. The van der Waals surface area contributed by atoms with Crippen molar-refractivity contribution >= 4 is 75.0 Å². The van der Waals surface area contributed by atoms with Crippen LogP contribution in [0, 0.1) is 0 Å². The first-order chi connectivity index (χ1) is 22.8. The zero-order chi connectivity index (χ0) is 30.2. The van der Waals surface area contributed by atoms with Crippen LogP contribution >= 0.6 is 11.3 Å². The van der Waals surface area contributed by atoms with E-state index in [4.69, 9.17) is 9.97 Å². The molecule has 3 aromatic heterocycles. The summed E-state index contributed by atoms with van der Waals surface area (Å²) in [6, 6.07) is 54.1. The quantitative estimate of drug-likeness (QED) is 0.201. The lowest BCUT2D eigenvalue weighted by atomic mass is 9.99. The maximum Gasteiger partial charge on any atom is 0.235 e. The Balaban J connectivity index is 1.27. The topological polar surface area (TPSA) is 30.7 Å². The molecule has 10 rings (SSSR count). The highest BCUT2D eigenvalue weighted by Crippen LogP contribution is 2.43. The van der Waals surface area contributed by atoms with Crippen LogP contribution in [0.25, 0.3) is 92.0 Å². The van der Waals surface area contributed by atoms with Gasteiger partial charge in [0.25, 0.3) is 0 Å². The predicted molar refractivity (Wildman–Crippen MR) is 195 cm³/mol. The Labute approximate surface area is 268 Å². The van der Waals surface area contributed by atoms with Gasteiger partial charge in [0.1, 0.15) is 0 Å². The third-order valence-electron chi connectivity index (χ3n) is 9.21. The molecule has 0 radical (unpaired) electrons. The molecule has 3 nitrogen and oxygen atoms in total. The van der Waals surface area contributed by atoms with Crippen molar-refractivity contribution in [2.75, 3.05) is 0 Å². The van der Waals surface area contributed by atoms with Crippen molar-refractivity contribution in [1.82, 2.24) is 14.5 Å². The molecule has 46 heavy (non-hydrogen) atoms. The van der Waals surface area contributed by atoms with Crippen LogP contribution in [0.3, 0.4) is 0 Å². The molecular weight excluding hydrogens is 579 g/mol. The predicted octanol–water partition coefficient (Wildman–Crippen LogP) is 11.6. The Kier molecular flexibility index (Phi) is 5.45. The Hall–Kier alpha value is -5.84. The van der Waals surface area contributed by atoms with Gasteiger partial charge >= 0.3 is 0 Å². The summed E-state index contributed by atoms with van der Waals surface area (Å²) in [5.74, 6) is 0.672. The summed E-state index contributed by atoms with van der Waals surface area (Å²) in [4.78, 5) is 10.5. The fourth-order valence-corrected chi connectivity index (χ4v) is 8.31. The van der Waals surface area contributed by atoms with E-state index in [9.17, 15) is 0 Å². The lowest BCUT2D eigenvalue weighted by Crippen LogP contribution is -2.04.